The Labute approximate surface area is 124 Å². The van der Waals surface area contributed by atoms with Crippen molar-refractivity contribution in [3.8, 4) is 5.75 Å². The van der Waals surface area contributed by atoms with Crippen LogP contribution in [0.5, 0.6) is 5.75 Å². The van der Waals surface area contributed by atoms with Crippen LogP contribution in [0.25, 0.3) is 0 Å². The Bertz CT molecular complexity index is 572. The molecule has 0 aliphatic rings. The van der Waals surface area contributed by atoms with Gasteiger partial charge in [0.15, 0.2) is 5.82 Å². The number of hydrogen-bond donors (Lipinski definition) is 2. The number of rotatable bonds is 7. The minimum Gasteiger partial charge on any atom is -0.494 e. The highest BCUT2D eigenvalue weighted by molar-refractivity contribution is 5.59. The van der Waals surface area contributed by atoms with Crippen LogP contribution in [-0.2, 0) is 11.3 Å². The summed E-state index contributed by atoms with van der Waals surface area (Å²) in [6.45, 7) is 5.48. The summed E-state index contributed by atoms with van der Waals surface area (Å²) in [5.74, 6) is 2.45. The molecule has 0 saturated heterocycles. The molecular formula is C15H20N4O2. The third-order valence-electron chi connectivity index (χ3n) is 2.67. The fourth-order valence-electron chi connectivity index (χ4n) is 1.79. The zero-order chi connectivity index (χ0) is 15.1. The molecule has 0 aliphatic carbocycles. The maximum absolute atomic E-state index is 5.78. The van der Waals surface area contributed by atoms with Crippen LogP contribution in [0.1, 0.15) is 19.7 Å². The second-order valence-electron chi connectivity index (χ2n) is 4.31. The summed E-state index contributed by atoms with van der Waals surface area (Å²) in [6.07, 6.45) is 0. The SMILES string of the molecule is CCOCc1nc(N)cc(Nc2ccc(OCC)cc2)n1. The van der Waals surface area contributed by atoms with Crippen LogP contribution in [-0.4, -0.2) is 23.2 Å². The summed E-state index contributed by atoms with van der Waals surface area (Å²) in [7, 11) is 0. The maximum atomic E-state index is 5.78. The summed E-state index contributed by atoms with van der Waals surface area (Å²) < 4.78 is 10.7. The van der Waals surface area contributed by atoms with E-state index in [1.165, 1.54) is 0 Å². The van der Waals surface area contributed by atoms with Crippen molar-refractivity contribution in [2.75, 3.05) is 24.3 Å². The molecule has 112 valence electrons. The van der Waals surface area contributed by atoms with Crippen molar-refractivity contribution in [1.29, 1.82) is 0 Å². The van der Waals surface area contributed by atoms with Gasteiger partial charge in [-0.1, -0.05) is 0 Å². The average molecular weight is 288 g/mol. The third-order valence-corrected chi connectivity index (χ3v) is 2.67. The van der Waals surface area contributed by atoms with E-state index in [1.54, 1.807) is 6.07 Å². The van der Waals surface area contributed by atoms with Crippen LogP contribution < -0.4 is 15.8 Å². The number of benzene rings is 1. The van der Waals surface area contributed by atoms with Crippen molar-refractivity contribution >= 4 is 17.3 Å². The summed E-state index contributed by atoms with van der Waals surface area (Å²) in [5.41, 5.74) is 6.68. The largest absolute Gasteiger partial charge is 0.494 e. The minimum atomic E-state index is 0.347. The lowest BCUT2D eigenvalue weighted by Gasteiger charge is -2.09. The first-order chi connectivity index (χ1) is 10.2. The van der Waals surface area contributed by atoms with Gasteiger partial charge in [-0.25, -0.2) is 9.97 Å². The highest BCUT2D eigenvalue weighted by Crippen LogP contribution is 2.20. The van der Waals surface area contributed by atoms with E-state index in [2.05, 4.69) is 15.3 Å². The van der Waals surface area contributed by atoms with Crippen LogP contribution in [0, 0.1) is 0 Å². The van der Waals surface area contributed by atoms with Crippen molar-refractivity contribution in [2.45, 2.75) is 20.5 Å². The van der Waals surface area contributed by atoms with Gasteiger partial charge < -0.3 is 20.5 Å². The number of ether oxygens (including phenoxy) is 2. The molecule has 3 N–H and O–H groups in total. The molecule has 0 radical (unpaired) electrons. The van der Waals surface area contributed by atoms with E-state index < -0.39 is 0 Å². The van der Waals surface area contributed by atoms with Gasteiger partial charge >= 0.3 is 0 Å². The molecular weight excluding hydrogens is 268 g/mol. The molecule has 1 aromatic carbocycles. The Morgan fingerprint density at radius 2 is 1.86 bits per heavy atom. The van der Waals surface area contributed by atoms with Crippen molar-refractivity contribution in [3.05, 3.63) is 36.2 Å². The Morgan fingerprint density at radius 1 is 1.10 bits per heavy atom. The third kappa shape index (κ3) is 4.61. The lowest BCUT2D eigenvalue weighted by atomic mass is 10.3. The lowest BCUT2D eigenvalue weighted by molar-refractivity contribution is 0.128. The smallest absolute Gasteiger partial charge is 0.158 e. The van der Waals surface area contributed by atoms with Gasteiger partial charge in [-0.3, -0.25) is 0 Å². The van der Waals surface area contributed by atoms with Crippen LogP contribution in [0.2, 0.25) is 0 Å². The molecule has 21 heavy (non-hydrogen) atoms. The molecule has 0 aliphatic heterocycles. The zero-order valence-electron chi connectivity index (χ0n) is 12.3. The number of aromatic nitrogens is 2. The number of nitrogens with one attached hydrogen (secondary N) is 1. The number of hydrogen-bond acceptors (Lipinski definition) is 6. The summed E-state index contributed by atoms with van der Waals surface area (Å²) in [6, 6.07) is 9.33. The van der Waals surface area contributed by atoms with E-state index in [-0.39, 0.29) is 0 Å². The number of nitrogens with zero attached hydrogens (tertiary/aromatic N) is 2. The summed E-state index contributed by atoms with van der Waals surface area (Å²) in [4.78, 5) is 8.50. The van der Waals surface area contributed by atoms with Gasteiger partial charge in [0.05, 0.1) is 6.61 Å². The first-order valence-electron chi connectivity index (χ1n) is 6.92. The predicted molar refractivity (Wildman–Crippen MR) is 82.7 cm³/mol. The molecule has 0 unspecified atom stereocenters. The molecule has 1 aromatic heterocycles. The van der Waals surface area contributed by atoms with Crippen LogP contribution >= 0.6 is 0 Å². The first-order valence-corrected chi connectivity index (χ1v) is 6.92. The lowest BCUT2D eigenvalue weighted by Crippen LogP contribution is -2.05. The van der Waals surface area contributed by atoms with Gasteiger partial charge in [-0.05, 0) is 38.1 Å². The fourth-order valence-corrected chi connectivity index (χ4v) is 1.79. The Balaban J connectivity index is 2.09. The maximum Gasteiger partial charge on any atom is 0.158 e. The number of nitrogen functional groups attached to an aromatic ring is 1. The van der Waals surface area contributed by atoms with Gasteiger partial charge in [-0.15, -0.1) is 0 Å². The molecule has 6 heteroatoms. The average Bonchev–Trinajstić information content (AvgIpc) is 2.47. The van der Waals surface area contributed by atoms with Gasteiger partial charge in [-0.2, -0.15) is 0 Å². The van der Waals surface area contributed by atoms with Crippen LogP contribution in [0.15, 0.2) is 30.3 Å². The molecule has 2 rings (SSSR count). The molecule has 1 heterocycles. The van der Waals surface area contributed by atoms with Gasteiger partial charge in [0, 0.05) is 18.4 Å². The number of nitrogens with two attached hydrogens (primary N) is 1. The fraction of sp³-hybridized carbons (Fsp3) is 0.333. The van der Waals surface area contributed by atoms with E-state index in [9.17, 15) is 0 Å². The molecule has 0 saturated carbocycles. The second kappa shape index (κ2) is 7.44. The quantitative estimate of drug-likeness (QED) is 0.815. The first kappa shape index (κ1) is 15.1. The van der Waals surface area contributed by atoms with Crippen LogP contribution in [0.4, 0.5) is 17.3 Å². The minimum absolute atomic E-state index is 0.347. The highest BCUT2D eigenvalue weighted by Gasteiger charge is 2.04. The molecule has 2 aromatic rings. The summed E-state index contributed by atoms with van der Waals surface area (Å²) in [5, 5.41) is 3.19. The van der Waals surface area contributed by atoms with Gasteiger partial charge in [0.25, 0.3) is 0 Å². The zero-order valence-corrected chi connectivity index (χ0v) is 12.3. The van der Waals surface area contributed by atoms with E-state index in [0.29, 0.717) is 37.3 Å². The predicted octanol–water partition coefficient (Wildman–Crippen LogP) is 2.74. The van der Waals surface area contributed by atoms with Crippen LogP contribution in [0.3, 0.4) is 0 Å². The second-order valence-corrected chi connectivity index (χ2v) is 4.31. The molecule has 0 amide bonds. The molecule has 0 fully saturated rings. The van der Waals surface area contributed by atoms with Crippen molar-refractivity contribution < 1.29 is 9.47 Å². The molecule has 6 nitrogen and oxygen atoms in total. The van der Waals surface area contributed by atoms with E-state index in [0.717, 1.165) is 11.4 Å². The monoisotopic (exact) mass is 288 g/mol. The van der Waals surface area contributed by atoms with Gasteiger partial charge in [0.1, 0.15) is 24.0 Å². The number of anilines is 3. The summed E-state index contributed by atoms with van der Waals surface area (Å²) >= 11 is 0. The van der Waals surface area contributed by atoms with E-state index >= 15 is 0 Å². The normalized spacial score (nSPS) is 10.4. The molecule has 0 bridgehead atoms. The van der Waals surface area contributed by atoms with Crippen molar-refractivity contribution in [3.63, 3.8) is 0 Å². The van der Waals surface area contributed by atoms with Crippen molar-refractivity contribution in [1.82, 2.24) is 9.97 Å². The Hall–Kier alpha value is -2.34. The molecule has 0 spiro atoms. The highest BCUT2D eigenvalue weighted by atomic mass is 16.5. The Kier molecular flexibility index (Phi) is 5.34. The van der Waals surface area contributed by atoms with Crippen molar-refractivity contribution in [2.24, 2.45) is 0 Å². The molecule has 0 atom stereocenters. The van der Waals surface area contributed by atoms with Gasteiger partial charge in [0.2, 0.25) is 0 Å². The standard InChI is InChI=1S/C15H20N4O2/c1-3-20-10-15-18-13(16)9-14(19-15)17-11-5-7-12(8-6-11)21-4-2/h5-9H,3-4,10H2,1-2H3,(H3,16,17,18,19). The Morgan fingerprint density at radius 3 is 2.52 bits per heavy atom. The topological polar surface area (TPSA) is 82.3 Å². The van der Waals surface area contributed by atoms with E-state index in [1.807, 2.05) is 38.1 Å². The van der Waals surface area contributed by atoms with E-state index in [4.69, 9.17) is 15.2 Å².